The van der Waals surface area contributed by atoms with E-state index in [0.29, 0.717) is 28.3 Å². The van der Waals surface area contributed by atoms with Crippen LogP contribution in [0.1, 0.15) is 18.5 Å². The van der Waals surface area contributed by atoms with Gasteiger partial charge in [0, 0.05) is 36.7 Å². The van der Waals surface area contributed by atoms with Crippen LogP contribution in [0.15, 0.2) is 41.5 Å². The fourth-order valence-electron chi connectivity index (χ4n) is 4.20. The van der Waals surface area contributed by atoms with Gasteiger partial charge >= 0.3 is 0 Å². The molecule has 0 saturated carbocycles. The van der Waals surface area contributed by atoms with E-state index in [9.17, 15) is 9.18 Å². The van der Waals surface area contributed by atoms with E-state index in [0.717, 1.165) is 37.3 Å². The third kappa shape index (κ3) is 3.23. The maximum atomic E-state index is 14.5. The Morgan fingerprint density at radius 1 is 1.17 bits per heavy atom. The zero-order valence-corrected chi connectivity index (χ0v) is 16.9. The number of nitrogens with zero attached hydrogens (tertiary/aromatic N) is 4. The number of aryl methyl sites for hydroxylation is 1. The lowest BCUT2D eigenvalue weighted by atomic mass is 10.0. The van der Waals surface area contributed by atoms with Gasteiger partial charge in [0.15, 0.2) is 11.5 Å². The van der Waals surface area contributed by atoms with Crippen LogP contribution in [0.5, 0.6) is 0 Å². The standard InChI is InChI=1S/C22H23FN6O/c1-13-11-29-12-14(9-18(23)21(29)25-13)20-26-19-4-3-16(10-17(19)22(30)27-20)28(2)15-5-7-24-8-6-15/h3-4,9-12,15,24H,5-8H2,1-2H3,(H,26,27,30). The first kappa shape index (κ1) is 18.7. The van der Waals surface area contributed by atoms with Gasteiger partial charge in [0.05, 0.1) is 16.6 Å². The number of anilines is 1. The van der Waals surface area contributed by atoms with E-state index in [2.05, 4.69) is 32.2 Å². The van der Waals surface area contributed by atoms with E-state index in [1.54, 1.807) is 23.7 Å². The van der Waals surface area contributed by atoms with E-state index >= 15 is 0 Å². The van der Waals surface area contributed by atoms with Crippen molar-refractivity contribution in [1.82, 2.24) is 24.7 Å². The first-order valence-electron chi connectivity index (χ1n) is 10.1. The Morgan fingerprint density at radius 3 is 2.77 bits per heavy atom. The van der Waals surface area contributed by atoms with Crippen LogP contribution in [-0.2, 0) is 0 Å². The third-order valence-corrected chi connectivity index (χ3v) is 5.85. The van der Waals surface area contributed by atoms with Crippen LogP contribution in [0.25, 0.3) is 27.9 Å². The lowest BCUT2D eigenvalue weighted by molar-refractivity contribution is 0.443. The van der Waals surface area contributed by atoms with Crippen molar-refractivity contribution in [3.8, 4) is 11.4 Å². The number of rotatable bonds is 3. The summed E-state index contributed by atoms with van der Waals surface area (Å²) in [6.45, 7) is 3.82. The van der Waals surface area contributed by atoms with Gasteiger partial charge in [-0.15, -0.1) is 0 Å². The molecule has 0 aliphatic carbocycles. The van der Waals surface area contributed by atoms with Crippen LogP contribution in [0, 0.1) is 12.7 Å². The number of halogens is 1. The molecule has 0 spiro atoms. The second-order valence-electron chi connectivity index (χ2n) is 7.90. The smallest absolute Gasteiger partial charge is 0.259 e. The summed E-state index contributed by atoms with van der Waals surface area (Å²) in [6.07, 6.45) is 5.61. The Hall–Kier alpha value is -3.26. The van der Waals surface area contributed by atoms with Gasteiger partial charge in [0.2, 0.25) is 0 Å². The number of fused-ring (bicyclic) bond motifs is 2. The minimum absolute atomic E-state index is 0.238. The van der Waals surface area contributed by atoms with Crippen LogP contribution in [0.4, 0.5) is 10.1 Å². The molecule has 1 aliphatic rings. The Morgan fingerprint density at radius 2 is 1.97 bits per heavy atom. The number of nitrogens with one attached hydrogen (secondary N) is 2. The molecule has 8 heteroatoms. The van der Waals surface area contributed by atoms with Crippen molar-refractivity contribution in [1.29, 1.82) is 0 Å². The summed E-state index contributed by atoms with van der Waals surface area (Å²) in [5.74, 6) is -0.124. The second kappa shape index (κ2) is 7.21. The number of pyridine rings is 1. The molecule has 0 atom stereocenters. The molecule has 154 valence electrons. The van der Waals surface area contributed by atoms with Gasteiger partial charge in [-0.3, -0.25) is 4.79 Å². The molecule has 0 bridgehead atoms. The fraction of sp³-hybridized carbons (Fsp3) is 0.318. The average molecular weight is 406 g/mol. The van der Waals surface area contributed by atoms with Gasteiger partial charge < -0.3 is 19.6 Å². The van der Waals surface area contributed by atoms with Crippen LogP contribution >= 0.6 is 0 Å². The van der Waals surface area contributed by atoms with Crippen molar-refractivity contribution >= 4 is 22.2 Å². The molecule has 0 radical (unpaired) electrons. The third-order valence-electron chi connectivity index (χ3n) is 5.85. The molecule has 30 heavy (non-hydrogen) atoms. The summed E-state index contributed by atoms with van der Waals surface area (Å²) in [7, 11) is 2.07. The predicted molar refractivity (Wildman–Crippen MR) is 116 cm³/mol. The average Bonchev–Trinajstić information content (AvgIpc) is 3.14. The molecule has 4 heterocycles. The summed E-state index contributed by atoms with van der Waals surface area (Å²) >= 11 is 0. The Balaban J connectivity index is 1.55. The Bertz CT molecular complexity index is 1300. The predicted octanol–water partition coefficient (Wildman–Crippen LogP) is 2.87. The number of H-pyrrole nitrogens is 1. The first-order chi connectivity index (χ1) is 14.5. The van der Waals surface area contributed by atoms with Crippen molar-refractivity contribution in [2.75, 3.05) is 25.0 Å². The normalized spacial score (nSPS) is 15.2. The lowest BCUT2D eigenvalue weighted by Crippen LogP contribution is -2.41. The van der Waals surface area contributed by atoms with Crippen molar-refractivity contribution in [2.24, 2.45) is 0 Å². The van der Waals surface area contributed by atoms with Crippen LogP contribution in [0.2, 0.25) is 0 Å². The molecule has 4 aromatic rings. The zero-order valence-electron chi connectivity index (χ0n) is 16.9. The largest absolute Gasteiger partial charge is 0.371 e. The molecule has 0 amide bonds. The molecule has 1 aliphatic heterocycles. The van der Waals surface area contributed by atoms with Crippen molar-refractivity contribution in [3.05, 3.63) is 58.5 Å². The molecule has 2 N–H and O–H groups in total. The highest BCUT2D eigenvalue weighted by Crippen LogP contribution is 2.25. The number of aromatic amines is 1. The number of hydrogen-bond donors (Lipinski definition) is 2. The van der Waals surface area contributed by atoms with E-state index in [4.69, 9.17) is 0 Å². The van der Waals surface area contributed by atoms with Crippen LogP contribution in [0.3, 0.4) is 0 Å². The van der Waals surface area contributed by atoms with Gasteiger partial charge in [0.1, 0.15) is 5.82 Å². The van der Waals surface area contributed by atoms with Gasteiger partial charge in [-0.1, -0.05) is 0 Å². The molecular weight excluding hydrogens is 383 g/mol. The van der Waals surface area contributed by atoms with E-state index in [1.807, 2.05) is 18.2 Å². The van der Waals surface area contributed by atoms with Gasteiger partial charge in [-0.2, -0.15) is 0 Å². The van der Waals surface area contributed by atoms with Gasteiger partial charge in [0.25, 0.3) is 5.56 Å². The molecule has 5 rings (SSSR count). The van der Waals surface area contributed by atoms with Crippen LogP contribution in [-0.4, -0.2) is 45.5 Å². The summed E-state index contributed by atoms with van der Waals surface area (Å²) in [5, 5.41) is 3.90. The monoisotopic (exact) mass is 406 g/mol. The molecule has 1 saturated heterocycles. The van der Waals surface area contributed by atoms with E-state index in [-0.39, 0.29) is 11.2 Å². The van der Waals surface area contributed by atoms with Crippen molar-refractivity contribution < 1.29 is 4.39 Å². The topological polar surface area (TPSA) is 78.3 Å². The van der Waals surface area contributed by atoms with Crippen molar-refractivity contribution in [3.63, 3.8) is 0 Å². The second-order valence-corrected chi connectivity index (χ2v) is 7.90. The molecule has 3 aromatic heterocycles. The van der Waals surface area contributed by atoms with Gasteiger partial charge in [-0.05, 0) is 57.1 Å². The summed E-state index contributed by atoms with van der Waals surface area (Å²) in [6, 6.07) is 7.53. The number of benzene rings is 1. The summed E-state index contributed by atoms with van der Waals surface area (Å²) in [5.41, 5.74) is 2.81. The highest BCUT2D eigenvalue weighted by Gasteiger charge is 2.19. The van der Waals surface area contributed by atoms with Crippen LogP contribution < -0.4 is 15.8 Å². The molecule has 0 unspecified atom stereocenters. The SMILES string of the molecule is Cc1cn2cc(-c3nc4ccc(N(C)C5CCNCC5)cc4c(=O)[nH]3)cc(F)c2n1. The molecule has 1 fully saturated rings. The summed E-state index contributed by atoms with van der Waals surface area (Å²) in [4.78, 5) is 26.6. The van der Waals surface area contributed by atoms with E-state index < -0.39 is 5.82 Å². The van der Waals surface area contributed by atoms with Crippen molar-refractivity contribution in [2.45, 2.75) is 25.8 Å². The maximum Gasteiger partial charge on any atom is 0.259 e. The zero-order chi connectivity index (χ0) is 20.8. The van der Waals surface area contributed by atoms with Gasteiger partial charge in [-0.25, -0.2) is 14.4 Å². The fourth-order valence-corrected chi connectivity index (χ4v) is 4.20. The highest BCUT2D eigenvalue weighted by atomic mass is 19.1. The molecular formula is C22H23FN6O. The first-order valence-corrected chi connectivity index (χ1v) is 10.1. The number of hydrogen-bond acceptors (Lipinski definition) is 5. The molecule has 1 aromatic carbocycles. The Kier molecular flexibility index (Phi) is 4.51. The quantitative estimate of drug-likeness (QED) is 0.547. The lowest BCUT2D eigenvalue weighted by Gasteiger charge is -2.33. The Labute approximate surface area is 172 Å². The minimum atomic E-state index is -0.456. The number of aromatic nitrogens is 4. The maximum absolute atomic E-state index is 14.5. The highest BCUT2D eigenvalue weighted by molar-refractivity contribution is 5.83. The summed E-state index contributed by atoms with van der Waals surface area (Å²) < 4.78 is 16.1. The number of piperidine rings is 1. The van der Waals surface area contributed by atoms with E-state index in [1.165, 1.54) is 6.07 Å². The number of imidazole rings is 1. The molecule has 7 nitrogen and oxygen atoms in total. The minimum Gasteiger partial charge on any atom is -0.371 e.